The van der Waals surface area contributed by atoms with Crippen molar-refractivity contribution in [3.8, 4) is 0 Å². The molecule has 10 nitrogen and oxygen atoms in total. The van der Waals surface area contributed by atoms with E-state index < -0.39 is 29.6 Å². The highest BCUT2D eigenvalue weighted by molar-refractivity contribution is 8.18. The molecule has 0 atom stereocenters. The molecule has 1 aliphatic heterocycles. The van der Waals surface area contributed by atoms with E-state index in [1.54, 1.807) is 38.4 Å². The third-order valence-electron chi connectivity index (χ3n) is 5.42. The third-order valence-corrected chi connectivity index (χ3v) is 6.66. The quantitative estimate of drug-likeness (QED) is 0.410. The highest BCUT2D eigenvalue weighted by atomic mass is 35.5. The lowest BCUT2D eigenvalue weighted by Gasteiger charge is -2.13. The van der Waals surface area contributed by atoms with Crippen molar-refractivity contribution in [2.24, 2.45) is 14.1 Å². The van der Waals surface area contributed by atoms with Gasteiger partial charge in [0.2, 0.25) is 5.91 Å². The van der Waals surface area contributed by atoms with Gasteiger partial charge < -0.3 is 10.1 Å². The Morgan fingerprint density at radius 1 is 1.06 bits per heavy atom. The first-order chi connectivity index (χ1) is 16.6. The van der Waals surface area contributed by atoms with Crippen molar-refractivity contribution in [3.05, 3.63) is 67.9 Å². The molecule has 35 heavy (non-hydrogen) atoms. The number of esters is 1. The maximum absolute atomic E-state index is 12.8. The SMILES string of the molecule is COC(=O)c1cc(NC(=O)CN2C(=O)S/C(=C/c3ccc4c(c3)n(C)c(=O)n4C)C2=O)ccc1Cl. The Morgan fingerprint density at radius 3 is 2.49 bits per heavy atom. The van der Waals surface area contributed by atoms with E-state index in [9.17, 15) is 24.0 Å². The van der Waals surface area contributed by atoms with Crippen molar-refractivity contribution < 1.29 is 23.9 Å². The van der Waals surface area contributed by atoms with E-state index in [0.717, 1.165) is 22.2 Å². The van der Waals surface area contributed by atoms with E-state index in [1.807, 2.05) is 0 Å². The van der Waals surface area contributed by atoms with Crippen LogP contribution in [0, 0.1) is 0 Å². The number of hydrogen-bond acceptors (Lipinski definition) is 7. The van der Waals surface area contributed by atoms with Crippen LogP contribution in [0.2, 0.25) is 5.02 Å². The van der Waals surface area contributed by atoms with Gasteiger partial charge in [0.1, 0.15) is 6.54 Å². The zero-order valence-electron chi connectivity index (χ0n) is 18.8. The third kappa shape index (κ3) is 4.60. The molecule has 0 bridgehead atoms. The molecule has 2 heterocycles. The number of aryl methyl sites for hydroxylation is 2. The van der Waals surface area contributed by atoms with Gasteiger partial charge in [-0.3, -0.25) is 28.4 Å². The zero-order valence-corrected chi connectivity index (χ0v) is 20.4. The lowest BCUT2D eigenvalue weighted by Crippen LogP contribution is -2.36. The average molecular weight is 515 g/mol. The van der Waals surface area contributed by atoms with Gasteiger partial charge in [-0.05, 0) is 53.7 Å². The molecule has 3 aromatic rings. The van der Waals surface area contributed by atoms with E-state index in [1.165, 1.54) is 34.4 Å². The zero-order chi connectivity index (χ0) is 25.4. The molecule has 4 rings (SSSR count). The average Bonchev–Trinajstić information content (AvgIpc) is 3.21. The van der Waals surface area contributed by atoms with Gasteiger partial charge in [-0.25, -0.2) is 9.59 Å². The van der Waals surface area contributed by atoms with E-state index in [0.29, 0.717) is 11.1 Å². The molecule has 1 fully saturated rings. The summed E-state index contributed by atoms with van der Waals surface area (Å²) in [4.78, 5) is 62.7. The molecule has 1 aliphatic rings. The van der Waals surface area contributed by atoms with Gasteiger partial charge >= 0.3 is 11.7 Å². The summed E-state index contributed by atoms with van der Waals surface area (Å²) in [5.74, 6) is -1.91. The molecule has 0 spiro atoms. The van der Waals surface area contributed by atoms with Crippen LogP contribution in [0.15, 0.2) is 46.1 Å². The number of aromatic nitrogens is 2. The Balaban J connectivity index is 1.50. The van der Waals surface area contributed by atoms with Crippen molar-refractivity contribution in [1.29, 1.82) is 0 Å². The summed E-state index contributed by atoms with van der Waals surface area (Å²) < 4.78 is 7.66. The van der Waals surface area contributed by atoms with Crippen LogP contribution in [0.1, 0.15) is 15.9 Å². The molecule has 1 saturated heterocycles. The Bertz CT molecular complexity index is 1510. The van der Waals surface area contributed by atoms with Crippen LogP contribution in [-0.2, 0) is 28.4 Å². The summed E-state index contributed by atoms with van der Waals surface area (Å²) in [6, 6.07) is 9.49. The highest BCUT2D eigenvalue weighted by Gasteiger charge is 2.36. The smallest absolute Gasteiger partial charge is 0.339 e. The maximum Gasteiger partial charge on any atom is 0.339 e. The van der Waals surface area contributed by atoms with E-state index >= 15 is 0 Å². The van der Waals surface area contributed by atoms with Gasteiger partial charge in [0.25, 0.3) is 11.1 Å². The topological polar surface area (TPSA) is 120 Å². The Morgan fingerprint density at radius 2 is 1.77 bits per heavy atom. The summed E-state index contributed by atoms with van der Waals surface area (Å²) in [5.41, 5.74) is 2.18. The van der Waals surface area contributed by atoms with Crippen molar-refractivity contribution in [2.45, 2.75) is 0 Å². The Hall–Kier alpha value is -3.83. The number of carbonyl (C=O) groups excluding carboxylic acids is 4. The first kappa shape index (κ1) is 24.3. The number of thioether (sulfide) groups is 1. The fourth-order valence-electron chi connectivity index (χ4n) is 3.61. The standard InChI is InChI=1S/C23H19ClN4O6S/c1-26-16-7-4-12(8-17(16)27(2)22(26)32)9-18-20(30)28(23(33)35-18)11-19(29)25-13-5-6-15(24)14(10-13)21(31)34-3/h4-10H,11H2,1-3H3,(H,25,29)/b18-9+. The van der Waals surface area contributed by atoms with E-state index in [-0.39, 0.29) is 26.9 Å². The number of fused-ring (bicyclic) bond motifs is 1. The molecule has 12 heteroatoms. The summed E-state index contributed by atoms with van der Waals surface area (Å²) in [5, 5.41) is 2.11. The van der Waals surface area contributed by atoms with Crippen molar-refractivity contribution in [1.82, 2.24) is 14.0 Å². The van der Waals surface area contributed by atoms with E-state index in [4.69, 9.17) is 11.6 Å². The first-order valence-corrected chi connectivity index (χ1v) is 11.4. The maximum atomic E-state index is 12.8. The second-order valence-corrected chi connectivity index (χ2v) is 9.05. The molecule has 1 N–H and O–H groups in total. The second kappa shape index (κ2) is 9.43. The predicted octanol–water partition coefficient (Wildman–Crippen LogP) is 2.99. The summed E-state index contributed by atoms with van der Waals surface area (Å²) in [6.07, 6.45) is 1.54. The summed E-state index contributed by atoms with van der Waals surface area (Å²) in [6.45, 7) is -0.510. The number of halogens is 1. The van der Waals surface area contributed by atoms with Crippen LogP contribution in [0.25, 0.3) is 17.1 Å². The minimum absolute atomic E-state index is 0.0638. The lowest BCUT2D eigenvalue weighted by atomic mass is 10.2. The van der Waals surface area contributed by atoms with Gasteiger partial charge in [0, 0.05) is 19.8 Å². The number of hydrogen-bond donors (Lipinski definition) is 1. The van der Waals surface area contributed by atoms with Crippen molar-refractivity contribution in [3.63, 3.8) is 0 Å². The van der Waals surface area contributed by atoms with Crippen LogP contribution < -0.4 is 11.0 Å². The number of carbonyl (C=O) groups is 4. The second-order valence-electron chi connectivity index (χ2n) is 7.65. The number of nitrogens with one attached hydrogen (secondary N) is 1. The molecule has 1 aromatic heterocycles. The highest BCUT2D eigenvalue weighted by Crippen LogP contribution is 2.32. The number of imidazole rings is 1. The fourth-order valence-corrected chi connectivity index (χ4v) is 4.65. The van der Waals surface area contributed by atoms with Gasteiger partial charge in [-0.2, -0.15) is 0 Å². The van der Waals surface area contributed by atoms with Crippen LogP contribution >= 0.6 is 23.4 Å². The molecule has 0 aliphatic carbocycles. The molecule has 2 aromatic carbocycles. The number of ether oxygens (including phenoxy) is 1. The number of rotatable bonds is 5. The first-order valence-electron chi connectivity index (χ1n) is 10.2. The van der Waals surface area contributed by atoms with E-state index in [2.05, 4.69) is 10.1 Å². The number of methoxy groups -OCH3 is 1. The number of nitrogens with zero attached hydrogens (tertiary/aromatic N) is 3. The molecule has 0 saturated carbocycles. The molecule has 0 radical (unpaired) electrons. The fraction of sp³-hybridized carbons (Fsp3) is 0.174. The van der Waals surface area contributed by atoms with Crippen LogP contribution in [0.3, 0.4) is 0 Å². The van der Waals surface area contributed by atoms with Crippen LogP contribution in [-0.4, -0.2) is 50.7 Å². The van der Waals surface area contributed by atoms with Crippen LogP contribution in [0.4, 0.5) is 10.5 Å². The monoisotopic (exact) mass is 514 g/mol. The number of amides is 3. The number of anilines is 1. The van der Waals surface area contributed by atoms with Gasteiger partial charge in [0.15, 0.2) is 0 Å². The normalized spacial score (nSPS) is 14.7. The van der Waals surface area contributed by atoms with Gasteiger partial charge in [-0.1, -0.05) is 17.7 Å². The van der Waals surface area contributed by atoms with Crippen LogP contribution in [0.5, 0.6) is 0 Å². The molecule has 0 unspecified atom stereocenters. The molecular formula is C23H19ClN4O6S. The largest absolute Gasteiger partial charge is 0.465 e. The minimum Gasteiger partial charge on any atom is -0.465 e. The summed E-state index contributed by atoms with van der Waals surface area (Å²) >= 11 is 6.70. The molecular weight excluding hydrogens is 496 g/mol. The Labute approximate surface area is 208 Å². The minimum atomic E-state index is -0.670. The lowest BCUT2D eigenvalue weighted by molar-refractivity contribution is -0.127. The number of imide groups is 1. The predicted molar refractivity (Wildman–Crippen MR) is 132 cm³/mol. The van der Waals surface area contributed by atoms with Crippen molar-refractivity contribution in [2.75, 3.05) is 19.0 Å². The van der Waals surface area contributed by atoms with Gasteiger partial charge in [-0.15, -0.1) is 0 Å². The van der Waals surface area contributed by atoms with Gasteiger partial charge in [0.05, 0.1) is 33.6 Å². The van der Waals surface area contributed by atoms with Crippen molar-refractivity contribution >= 4 is 69.2 Å². The molecule has 180 valence electrons. The summed E-state index contributed by atoms with van der Waals surface area (Å²) in [7, 11) is 4.52. The molecule has 3 amide bonds. The number of benzene rings is 2. The Kier molecular flexibility index (Phi) is 6.55.